The van der Waals surface area contributed by atoms with Crippen LogP contribution in [-0.2, 0) is 12.8 Å². The highest BCUT2D eigenvalue weighted by Gasteiger charge is 2.12. The van der Waals surface area contributed by atoms with Crippen molar-refractivity contribution in [3.8, 4) is 0 Å². The van der Waals surface area contributed by atoms with Gasteiger partial charge in [-0.3, -0.25) is 0 Å². The van der Waals surface area contributed by atoms with Crippen LogP contribution >= 0.6 is 11.3 Å². The Hall–Kier alpha value is -1.12. The summed E-state index contributed by atoms with van der Waals surface area (Å²) < 4.78 is 0. The fourth-order valence-corrected chi connectivity index (χ4v) is 2.84. The molecule has 17 heavy (non-hydrogen) atoms. The zero-order chi connectivity index (χ0) is 12.3. The molecule has 2 aromatic rings. The number of benzene rings is 1. The van der Waals surface area contributed by atoms with E-state index < -0.39 is 6.10 Å². The van der Waals surface area contributed by atoms with Crippen LogP contribution in [-0.4, -0.2) is 5.11 Å². The molecule has 0 aliphatic heterocycles. The third-order valence-corrected chi connectivity index (χ3v) is 4.05. The maximum Gasteiger partial charge on any atom is 0.113 e. The molecule has 2 heteroatoms. The van der Waals surface area contributed by atoms with E-state index in [0.717, 1.165) is 23.3 Å². The van der Waals surface area contributed by atoms with Gasteiger partial charge in [-0.05, 0) is 41.0 Å². The molecule has 0 fully saturated rings. The lowest BCUT2D eigenvalue weighted by Gasteiger charge is -2.13. The summed E-state index contributed by atoms with van der Waals surface area (Å²) in [5.41, 5.74) is 3.73. The normalized spacial score (nSPS) is 12.6. The molecule has 0 saturated carbocycles. The monoisotopic (exact) mass is 246 g/mol. The van der Waals surface area contributed by atoms with Gasteiger partial charge in [0.15, 0.2) is 0 Å². The van der Waals surface area contributed by atoms with E-state index in [1.807, 2.05) is 23.6 Å². The molecule has 0 aliphatic carbocycles. The minimum absolute atomic E-state index is 0.480. The number of aliphatic hydroxyl groups excluding tert-OH is 1. The van der Waals surface area contributed by atoms with E-state index >= 15 is 0 Å². The summed E-state index contributed by atoms with van der Waals surface area (Å²) in [6.07, 6.45) is 1.60. The van der Waals surface area contributed by atoms with E-state index in [9.17, 15) is 5.11 Å². The fraction of sp³-hybridized carbons (Fsp3) is 0.333. The van der Waals surface area contributed by atoms with Crippen molar-refractivity contribution in [2.75, 3.05) is 0 Å². The zero-order valence-electron chi connectivity index (χ0n) is 10.3. The van der Waals surface area contributed by atoms with Gasteiger partial charge in [0.1, 0.15) is 6.10 Å². The Labute approximate surface area is 107 Å². The highest BCUT2D eigenvalue weighted by Crippen LogP contribution is 2.27. The van der Waals surface area contributed by atoms with Gasteiger partial charge < -0.3 is 5.11 Å². The summed E-state index contributed by atoms with van der Waals surface area (Å²) in [5.74, 6) is 0. The summed E-state index contributed by atoms with van der Waals surface area (Å²) in [4.78, 5) is 1.01. The summed E-state index contributed by atoms with van der Waals surface area (Å²) in [7, 11) is 0. The van der Waals surface area contributed by atoms with Crippen LogP contribution in [0.3, 0.4) is 0 Å². The van der Waals surface area contributed by atoms with Crippen molar-refractivity contribution < 1.29 is 5.11 Å². The average Bonchev–Trinajstić information content (AvgIpc) is 2.90. The molecule has 0 spiro atoms. The van der Waals surface area contributed by atoms with Gasteiger partial charge >= 0.3 is 0 Å². The molecule has 2 rings (SSSR count). The molecule has 0 amide bonds. The van der Waals surface area contributed by atoms with E-state index in [1.54, 1.807) is 11.3 Å². The topological polar surface area (TPSA) is 20.2 Å². The van der Waals surface area contributed by atoms with Gasteiger partial charge in [0.2, 0.25) is 0 Å². The van der Waals surface area contributed by atoms with Gasteiger partial charge in [-0.1, -0.05) is 38.1 Å². The predicted molar refractivity (Wildman–Crippen MR) is 73.6 cm³/mol. The molecule has 0 saturated heterocycles. The Balaban J connectivity index is 2.33. The first-order valence-electron chi connectivity index (χ1n) is 6.09. The Morgan fingerprint density at radius 3 is 2.47 bits per heavy atom. The molecule has 1 nitrogen and oxygen atoms in total. The summed E-state index contributed by atoms with van der Waals surface area (Å²) in [6, 6.07) is 10.3. The van der Waals surface area contributed by atoms with Gasteiger partial charge in [-0.25, -0.2) is 0 Å². The van der Waals surface area contributed by atoms with Crippen molar-refractivity contribution in [1.29, 1.82) is 0 Å². The lowest BCUT2D eigenvalue weighted by Crippen LogP contribution is -2.00. The molecule has 1 heterocycles. The van der Waals surface area contributed by atoms with Gasteiger partial charge in [0, 0.05) is 4.88 Å². The number of hydrogen-bond donors (Lipinski definition) is 1. The molecule has 90 valence electrons. The largest absolute Gasteiger partial charge is 0.383 e. The Kier molecular flexibility index (Phi) is 3.97. The van der Waals surface area contributed by atoms with Crippen molar-refractivity contribution >= 4 is 11.3 Å². The first-order valence-corrected chi connectivity index (χ1v) is 6.97. The Bertz CT molecular complexity index is 474. The van der Waals surface area contributed by atoms with Crippen LogP contribution < -0.4 is 0 Å². The second-order valence-electron chi connectivity index (χ2n) is 4.15. The molecule has 1 aromatic heterocycles. The summed E-state index contributed by atoms with van der Waals surface area (Å²) >= 11 is 1.60. The fourth-order valence-electron chi connectivity index (χ4n) is 2.10. The van der Waals surface area contributed by atoms with E-state index in [0.29, 0.717) is 0 Å². The van der Waals surface area contributed by atoms with Crippen molar-refractivity contribution in [2.45, 2.75) is 32.8 Å². The van der Waals surface area contributed by atoms with E-state index in [2.05, 4.69) is 26.0 Å². The molecule has 1 N–H and O–H groups in total. The lowest BCUT2D eigenvalue weighted by molar-refractivity contribution is 0.224. The van der Waals surface area contributed by atoms with Crippen LogP contribution in [0.2, 0.25) is 0 Å². The van der Waals surface area contributed by atoms with Crippen LogP contribution in [0.15, 0.2) is 35.7 Å². The standard InChI is InChI=1S/C15H18OS/c1-3-11-7-8-13(10-12(11)4-2)15(16)14-6-5-9-17-14/h5-10,15-16H,3-4H2,1-2H3. The van der Waals surface area contributed by atoms with Crippen LogP contribution in [0.5, 0.6) is 0 Å². The minimum atomic E-state index is -0.480. The molecular weight excluding hydrogens is 228 g/mol. The van der Waals surface area contributed by atoms with Gasteiger partial charge in [-0.15, -0.1) is 11.3 Å². The average molecular weight is 246 g/mol. The van der Waals surface area contributed by atoms with Crippen LogP contribution in [0, 0.1) is 0 Å². The van der Waals surface area contributed by atoms with Crippen molar-refractivity contribution in [2.24, 2.45) is 0 Å². The van der Waals surface area contributed by atoms with E-state index in [4.69, 9.17) is 0 Å². The zero-order valence-corrected chi connectivity index (χ0v) is 11.1. The number of aryl methyl sites for hydroxylation is 2. The summed E-state index contributed by atoms with van der Waals surface area (Å²) in [6.45, 7) is 4.33. The summed E-state index contributed by atoms with van der Waals surface area (Å²) in [5, 5.41) is 12.3. The van der Waals surface area contributed by atoms with E-state index in [-0.39, 0.29) is 0 Å². The highest BCUT2D eigenvalue weighted by molar-refractivity contribution is 7.10. The van der Waals surface area contributed by atoms with Crippen LogP contribution in [0.25, 0.3) is 0 Å². The second-order valence-corrected chi connectivity index (χ2v) is 5.13. The maximum atomic E-state index is 10.3. The van der Waals surface area contributed by atoms with Crippen LogP contribution in [0.4, 0.5) is 0 Å². The molecule has 1 unspecified atom stereocenters. The minimum Gasteiger partial charge on any atom is -0.383 e. The SMILES string of the molecule is CCc1ccc(C(O)c2cccs2)cc1CC. The van der Waals surface area contributed by atoms with Gasteiger partial charge in [-0.2, -0.15) is 0 Å². The number of aliphatic hydroxyl groups is 1. The Morgan fingerprint density at radius 2 is 1.88 bits per heavy atom. The first-order chi connectivity index (χ1) is 8.26. The molecule has 0 bridgehead atoms. The number of rotatable bonds is 4. The molecule has 0 aliphatic rings. The highest BCUT2D eigenvalue weighted by atomic mass is 32.1. The van der Waals surface area contributed by atoms with Crippen LogP contribution in [0.1, 0.15) is 41.5 Å². The van der Waals surface area contributed by atoms with Crippen molar-refractivity contribution in [3.63, 3.8) is 0 Å². The van der Waals surface area contributed by atoms with Crippen molar-refractivity contribution in [3.05, 3.63) is 57.3 Å². The second kappa shape index (κ2) is 5.48. The van der Waals surface area contributed by atoms with Gasteiger partial charge in [0.25, 0.3) is 0 Å². The third kappa shape index (κ3) is 2.59. The third-order valence-electron chi connectivity index (χ3n) is 3.12. The maximum absolute atomic E-state index is 10.3. The molecule has 1 atom stereocenters. The molecule has 0 radical (unpaired) electrons. The van der Waals surface area contributed by atoms with E-state index in [1.165, 1.54) is 11.1 Å². The smallest absolute Gasteiger partial charge is 0.113 e. The number of thiophene rings is 1. The molecular formula is C15H18OS. The quantitative estimate of drug-likeness (QED) is 0.866. The Morgan fingerprint density at radius 1 is 1.12 bits per heavy atom. The first kappa shape index (κ1) is 12.3. The lowest BCUT2D eigenvalue weighted by atomic mass is 9.97. The predicted octanol–water partition coefficient (Wildman–Crippen LogP) is 3.95. The number of hydrogen-bond acceptors (Lipinski definition) is 2. The van der Waals surface area contributed by atoms with Gasteiger partial charge in [0.05, 0.1) is 0 Å². The molecule has 1 aromatic carbocycles. The van der Waals surface area contributed by atoms with Crippen molar-refractivity contribution in [1.82, 2.24) is 0 Å².